The maximum Gasteiger partial charge on any atom is 0.220 e. The molecule has 0 N–H and O–H groups in total. The Bertz CT molecular complexity index is 512. The molecule has 1 aromatic heterocycles. The monoisotopic (exact) mass is 262 g/mol. The SMILES string of the molecule is ClCCCc1nnc(C2CC2c2ccccc2)o1. The van der Waals surface area contributed by atoms with Crippen LogP contribution < -0.4 is 0 Å². The van der Waals surface area contributed by atoms with Crippen LogP contribution >= 0.6 is 11.6 Å². The molecule has 2 aromatic rings. The van der Waals surface area contributed by atoms with Crippen molar-refractivity contribution in [1.82, 2.24) is 10.2 Å². The summed E-state index contributed by atoms with van der Waals surface area (Å²) in [6.45, 7) is 0. The number of nitrogens with zero attached hydrogens (tertiary/aromatic N) is 2. The number of aryl methyl sites for hydroxylation is 1. The van der Waals surface area contributed by atoms with Gasteiger partial charge in [0.25, 0.3) is 0 Å². The molecule has 0 aliphatic heterocycles. The highest BCUT2D eigenvalue weighted by molar-refractivity contribution is 6.17. The van der Waals surface area contributed by atoms with E-state index in [0.717, 1.165) is 25.2 Å². The van der Waals surface area contributed by atoms with Gasteiger partial charge in [0.2, 0.25) is 11.8 Å². The van der Waals surface area contributed by atoms with E-state index in [1.165, 1.54) is 5.56 Å². The summed E-state index contributed by atoms with van der Waals surface area (Å²) in [5.41, 5.74) is 1.36. The molecule has 1 aliphatic rings. The van der Waals surface area contributed by atoms with E-state index in [1.807, 2.05) is 6.07 Å². The second-order valence-electron chi connectivity index (χ2n) is 4.69. The Hall–Kier alpha value is -1.35. The molecule has 0 bridgehead atoms. The number of hydrogen-bond acceptors (Lipinski definition) is 3. The molecule has 1 heterocycles. The zero-order valence-electron chi connectivity index (χ0n) is 10.1. The number of benzene rings is 1. The van der Waals surface area contributed by atoms with Gasteiger partial charge in [-0.25, -0.2) is 0 Å². The normalized spacial score (nSPS) is 22.1. The molecule has 94 valence electrons. The second-order valence-corrected chi connectivity index (χ2v) is 5.06. The van der Waals surface area contributed by atoms with Crippen LogP contribution in [0.5, 0.6) is 0 Å². The molecule has 3 nitrogen and oxygen atoms in total. The average Bonchev–Trinajstić information content (AvgIpc) is 3.09. The van der Waals surface area contributed by atoms with Gasteiger partial charge in [-0.2, -0.15) is 0 Å². The molecule has 1 fully saturated rings. The fourth-order valence-electron chi connectivity index (χ4n) is 2.27. The Morgan fingerprint density at radius 2 is 2.00 bits per heavy atom. The van der Waals surface area contributed by atoms with Gasteiger partial charge in [0.05, 0.1) is 0 Å². The van der Waals surface area contributed by atoms with Gasteiger partial charge < -0.3 is 4.42 Å². The van der Waals surface area contributed by atoms with Gasteiger partial charge >= 0.3 is 0 Å². The van der Waals surface area contributed by atoms with Crippen LogP contribution in [0.2, 0.25) is 0 Å². The van der Waals surface area contributed by atoms with Crippen LogP contribution in [0.3, 0.4) is 0 Å². The first-order valence-electron chi connectivity index (χ1n) is 6.31. The van der Waals surface area contributed by atoms with E-state index in [9.17, 15) is 0 Å². The minimum Gasteiger partial charge on any atom is -0.425 e. The lowest BCUT2D eigenvalue weighted by Crippen LogP contribution is -1.85. The summed E-state index contributed by atoms with van der Waals surface area (Å²) in [7, 11) is 0. The highest BCUT2D eigenvalue weighted by Crippen LogP contribution is 2.53. The molecule has 0 amide bonds. The Kier molecular flexibility index (Phi) is 3.33. The van der Waals surface area contributed by atoms with Gasteiger partial charge in [-0.1, -0.05) is 30.3 Å². The van der Waals surface area contributed by atoms with Crippen LogP contribution in [0.25, 0.3) is 0 Å². The summed E-state index contributed by atoms with van der Waals surface area (Å²) < 4.78 is 5.68. The first-order chi connectivity index (χ1) is 8.88. The zero-order valence-corrected chi connectivity index (χ0v) is 10.8. The van der Waals surface area contributed by atoms with E-state index in [1.54, 1.807) is 0 Å². The number of rotatable bonds is 5. The van der Waals surface area contributed by atoms with Gasteiger partial charge in [0.15, 0.2) is 0 Å². The molecule has 0 radical (unpaired) electrons. The molecule has 0 spiro atoms. The van der Waals surface area contributed by atoms with Crippen molar-refractivity contribution >= 4 is 11.6 Å². The lowest BCUT2D eigenvalue weighted by Gasteiger charge is -1.96. The third-order valence-corrected chi connectivity index (χ3v) is 3.61. The van der Waals surface area contributed by atoms with Gasteiger partial charge in [-0.05, 0) is 24.3 Å². The molecule has 4 heteroatoms. The van der Waals surface area contributed by atoms with Crippen LogP contribution in [-0.4, -0.2) is 16.1 Å². The van der Waals surface area contributed by atoms with E-state index in [-0.39, 0.29) is 0 Å². The molecule has 3 rings (SSSR count). The highest BCUT2D eigenvalue weighted by Gasteiger charge is 2.43. The molecule has 0 saturated heterocycles. The molecule has 1 aromatic carbocycles. The maximum atomic E-state index is 5.68. The van der Waals surface area contributed by atoms with Crippen molar-refractivity contribution in [3.05, 3.63) is 47.7 Å². The third-order valence-electron chi connectivity index (χ3n) is 3.34. The predicted octanol–water partition coefficient (Wildman–Crippen LogP) is 3.51. The standard InChI is InChI=1S/C14H15ClN2O/c15-8-4-7-13-16-17-14(18-13)12-9-11(12)10-5-2-1-3-6-10/h1-3,5-6,11-12H,4,7-9H2. The second kappa shape index (κ2) is 5.11. The topological polar surface area (TPSA) is 38.9 Å². The van der Waals surface area contributed by atoms with E-state index in [0.29, 0.717) is 23.6 Å². The summed E-state index contributed by atoms with van der Waals surface area (Å²) in [6.07, 6.45) is 2.77. The lowest BCUT2D eigenvalue weighted by atomic mass is 10.1. The number of halogens is 1. The van der Waals surface area contributed by atoms with Gasteiger partial charge in [0, 0.05) is 18.2 Å². The van der Waals surface area contributed by atoms with Crippen molar-refractivity contribution in [3.63, 3.8) is 0 Å². The van der Waals surface area contributed by atoms with E-state index in [2.05, 4.69) is 34.5 Å². The van der Waals surface area contributed by atoms with Crippen molar-refractivity contribution in [1.29, 1.82) is 0 Å². The number of hydrogen-bond donors (Lipinski definition) is 0. The summed E-state index contributed by atoms with van der Waals surface area (Å²) >= 11 is 5.65. The van der Waals surface area contributed by atoms with E-state index >= 15 is 0 Å². The molecule has 2 unspecified atom stereocenters. The summed E-state index contributed by atoms with van der Waals surface area (Å²) in [6, 6.07) is 10.5. The van der Waals surface area contributed by atoms with Crippen LogP contribution in [0.15, 0.2) is 34.7 Å². The third kappa shape index (κ3) is 2.41. The highest BCUT2D eigenvalue weighted by atomic mass is 35.5. The molecule has 18 heavy (non-hydrogen) atoms. The Morgan fingerprint density at radius 3 is 2.78 bits per heavy atom. The Morgan fingerprint density at radius 1 is 1.17 bits per heavy atom. The molecule has 2 atom stereocenters. The van der Waals surface area contributed by atoms with Crippen molar-refractivity contribution < 1.29 is 4.42 Å². The van der Waals surface area contributed by atoms with Gasteiger partial charge in [-0.15, -0.1) is 21.8 Å². The Balaban J connectivity index is 1.65. The lowest BCUT2D eigenvalue weighted by molar-refractivity contribution is 0.447. The molecular weight excluding hydrogens is 248 g/mol. The van der Waals surface area contributed by atoms with E-state index < -0.39 is 0 Å². The van der Waals surface area contributed by atoms with Crippen LogP contribution in [0.4, 0.5) is 0 Å². The van der Waals surface area contributed by atoms with Crippen molar-refractivity contribution in [2.24, 2.45) is 0 Å². The number of aromatic nitrogens is 2. The molecular formula is C14H15ClN2O. The number of alkyl halides is 1. The van der Waals surface area contributed by atoms with Gasteiger partial charge in [0.1, 0.15) is 0 Å². The van der Waals surface area contributed by atoms with Gasteiger partial charge in [-0.3, -0.25) is 0 Å². The minimum absolute atomic E-state index is 0.407. The molecule has 1 saturated carbocycles. The summed E-state index contributed by atoms with van der Waals surface area (Å²) in [4.78, 5) is 0. The minimum atomic E-state index is 0.407. The van der Waals surface area contributed by atoms with Crippen molar-refractivity contribution in [2.75, 3.05) is 5.88 Å². The summed E-state index contributed by atoms with van der Waals surface area (Å²) in [5.74, 6) is 3.09. The first kappa shape index (κ1) is 11.7. The first-order valence-corrected chi connectivity index (χ1v) is 6.85. The average molecular weight is 263 g/mol. The largest absolute Gasteiger partial charge is 0.425 e. The fourth-order valence-corrected chi connectivity index (χ4v) is 2.41. The van der Waals surface area contributed by atoms with Crippen molar-refractivity contribution in [2.45, 2.75) is 31.1 Å². The Labute approximate surface area is 111 Å². The zero-order chi connectivity index (χ0) is 12.4. The predicted molar refractivity (Wildman–Crippen MR) is 69.9 cm³/mol. The quantitative estimate of drug-likeness (QED) is 0.774. The van der Waals surface area contributed by atoms with Crippen LogP contribution in [0, 0.1) is 0 Å². The van der Waals surface area contributed by atoms with Crippen LogP contribution in [0.1, 0.15) is 42.0 Å². The van der Waals surface area contributed by atoms with Crippen LogP contribution in [-0.2, 0) is 6.42 Å². The van der Waals surface area contributed by atoms with E-state index in [4.69, 9.17) is 16.0 Å². The molecule has 1 aliphatic carbocycles. The smallest absolute Gasteiger partial charge is 0.220 e. The van der Waals surface area contributed by atoms with Crippen molar-refractivity contribution in [3.8, 4) is 0 Å². The fraction of sp³-hybridized carbons (Fsp3) is 0.429. The maximum absolute atomic E-state index is 5.68. The summed E-state index contributed by atoms with van der Waals surface area (Å²) in [5, 5.41) is 8.21.